The molecule has 4 rings (SSSR count). The van der Waals surface area contributed by atoms with E-state index in [-0.39, 0.29) is 12.1 Å². The minimum Gasteiger partial charge on any atom is -0.268 e. The van der Waals surface area contributed by atoms with Crippen LogP contribution in [0.15, 0.2) is 90.0 Å². The Kier molecular flexibility index (Phi) is 4.32. The molecule has 1 aliphatic heterocycles. The number of halogens is 1. The Morgan fingerprint density at radius 3 is 2.15 bits per heavy atom. The first-order chi connectivity index (χ1) is 13.1. The number of aryl methyl sites for hydroxylation is 1. The standard InChI is InChI=1S/C23H19FN2O/c1-17-10-8-9-13-19(17)16-23(24)21(18-11-4-2-5-12-18)25-26(22(23)27)20-14-6-3-7-15-20/h2-15H,16H2,1H3. The Morgan fingerprint density at radius 1 is 0.889 bits per heavy atom. The van der Waals surface area contributed by atoms with Gasteiger partial charge in [0.1, 0.15) is 5.71 Å². The summed E-state index contributed by atoms with van der Waals surface area (Å²) in [7, 11) is 0. The second kappa shape index (κ2) is 6.80. The molecule has 0 saturated carbocycles. The molecule has 1 unspecified atom stereocenters. The van der Waals surface area contributed by atoms with Crippen LogP contribution in [0.4, 0.5) is 10.1 Å². The molecule has 1 amide bonds. The number of hydrogen-bond donors (Lipinski definition) is 0. The molecule has 1 aliphatic rings. The molecule has 0 N–H and O–H groups in total. The molecule has 0 fully saturated rings. The van der Waals surface area contributed by atoms with E-state index in [2.05, 4.69) is 5.10 Å². The van der Waals surface area contributed by atoms with Crippen LogP contribution in [0.3, 0.4) is 0 Å². The van der Waals surface area contributed by atoms with Crippen LogP contribution in [0.25, 0.3) is 0 Å². The maximum absolute atomic E-state index is 16.3. The molecule has 0 bridgehead atoms. The maximum Gasteiger partial charge on any atom is 0.291 e. The van der Waals surface area contributed by atoms with E-state index in [9.17, 15) is 4.79 Å². The first-order valence-corrected chi connectivity index (χ1v) is 8.87. The van der Waals surface area contributed by atoms with Gasteiger partial charge in [0.05, 0.1) is 5.69 Å². The number of alkyl halides is 1. The number of carbonyl (C=O) groups is 1. The van der Waals surface area contributed by atoms with Gasteiger partial charge in [0.25, 0.3) is 5.91 Å². The summed E-state index contributed by atoms with van der Waals surface area (Å²) in [6, 6.07) is 25.6. The molecular formula is C23H19FN2O. The lowest BCUT2D eigenvalue weighted by atomic mass is 9.86. The lowest BCUT2D eigenvalue weighted by molar-refractivity contribution is -0.125. The van der Waals surface area contributed by atoms with Crippen LogP contribution >= 0.6 is 0 Å². The topological polar surface area (TPSA) is 32.7 Å². The summed E-state index contributed by atoms with van der Waals surface area (Å²) in [6.45, 7) is 1.92. The van der Waals surface area contributed by atoms with Crippen molar-refractivity contribution in [3.8, 4) is 0 Å². The van der Waals surface area contributed by atoms with Crippen LogP contribution in [0.2, 0.25) is 0 Å². The van der Waals surface area contributed by atoms with Gasteiger partial charge in [-0.2, -0.15) is 10.1 Å². The number of nitrogens with zero attached hydrogens (tertiary/aromatic N) is 2. The first-order valence-electron chi connectivity index (χ1n) is 8.87. The summed E-state index contributed by atoms with van der Waals surface area (Å²) in [5.41, 5.74) is 0.851. The van der Waals surface area contributed by atoms with Crippen LogP contribution < -0.4 is 5.01 Å². The van der Waals surface area contributed by atoms with Crippen molar-refractivity contribution in [1.82, 2.24) is 0 Å². The normalized spacial score (nSPS) is 19.3. The van der Waals surface area contributed by atoms with Gasteiger partial charge in [-0.3, -0.25) is 4.79 Å². The molecule has 27 heavy (non-hydrogen) atoms. The van der Waals surface area contributed by atoms with Gasteiger partial charge in [-0.25, -0.2) is 4.39 Å². The smallest absolute Gasteiger partial charge is 0.268 e. The predicted molar refractivity (Wildman–Crippen MR) is 106 cm³/mol. The third kappa shape index (κ3) is 3.04. The Morgan fingerprint density at radius 2 is 1.48 bits per heavy atom. The molecule has 134 valence electrons. The fourth-order valence-electron chi connectivity index (χ4n) is 3.35. The highest BCUT2D eigenvalue weighted by molar-refractivity contribution is 6.27. The predicted octanol–water partition coefficient (Wildman–Crippen LogP) is 4.70. The van der Waals surface area contributed by atoms with Gasteiger partial charge >= 0.3 is 0 Å². The third-order valence-corrected chi connectivity index (χ3v) is 4.85. The number of anilines is 1. The zero-order chi connectivity index (χ0) is 18.9. The Labute approximate surface area is 157 Å². The summed E-state index contributed by atoms with van der Waals surface area (Å²) in [6.07, 6.45) is -0.0461. The van der Waals surface area contributed by atoms with Crippen molar-refractivity contribution < 1.29 is 9.18 Å². The summed E-state index contributed by atoms with van der Waals surface area (Å²) in [5, 5.41) is 5.60. The van der Waals surface area contributed by atoms with Crippen molar-refractivity contribution in [3.63, 3.8) is 0 Å². The van der Waals surface area contributed by atoms with Crippen LogP contribution in [-0.2, 0) is 11.2 Å². The van der Waals surface area contributed by atoms with Crippen molar-refractivity contribution in [3.05, 3.63) is 102 Å². The minimum atomic E-state index is -2.22. The van der Waals surface area contributed by atoms with Gasteiger partial charge < -0.3 is 0 Å². The van der Waals surface area contributed by atoms with Gasteiger partial charge in [-0.05, 0) is 30.2 Å². The lowest BCUT2D eigenvalue weighted by Crippen LogP contribution is -2.45. The Balaban J connectivity index is 1.82. The van der Waals surface area contributed by atoms with Gasteiger partial charge in [0.15, 0.2) is 0 Å². The number of benzene rings is 3. The number of rotatable bonds is 4. The van der Waals surface area contributed by atoms with Crippen LogP contribution in [0.1, 0.15) is 16.7 Å². The Hall–Kier alpha value is -3.27. The van der Waals surface area contributed by atoms with Crippen molar-refractivity contribution in [1.29, 1.82) is 0 Å². The fourth-order valence-corrected chi connectivity index (χ4v) is 3.35. The monoisotopic (exact) mass is 358 g/mol. The van der Waals surface area contributed by atoms with E-state index in [1.54, 1.807) is 36.4 Å². The highest BCUT2D eigenvalue weighted by Gasteiger charge is 2.53. The molecule has 0 aliphatic carbocycles. The molecule has 1 atom stereocenters. The van der Waals surface area contributed by atoms with Crippen LogP contribution in [0, 0.1) is 6.92 Å². The molecule has 3 nitrogen and oxygen atoms in total. The average molecular weight is 358 g/mol. The molecule has 0 spiro atoms. The molecule has 0 radical (unpaired) electrons. The number of hydrazone groups is 1. The van der Waals surface area contributed by atoms with Gasteiger partial charge in [0, 0.05) is 12.0 Å². The van der Waals surface area contributed by atoms with E-state index in [0.717, 1.165) is 11.1 Å². The average Bonchev–Trinajstić information content (AvgIpc) is 2.96. The molecule has 4 heteroatoms. The quantitative estimate of drug-likeness (QED) is 0.665. The minimum absolute atomic E-state index is 0.0461. The number of amides is 1. The number of hydrogen-bond acceptors (Lipinski definition) is 2. The summed E-state index contributed by atoms with van der Waals surface area (Å²) in [5.74, 6) is -0.657. The van der Waals surface area contributed by atoms with Gasteiger partial charge in [0.2, 0.25) is 5.67 Å². The van der Waals surface area contributed by atoms with Crippen molar-refractivity contribution >= 4 is 17.3 Å². The van der Waals surface area contributed by atoms with Crippen molar-refractivity contribution in [2.75, 3.05) is 5.01 Å². The van der Waals surface area contributed by atoms with Crippen molar-refractivity contribution in [2.45, 2.75) is 19.0 Å². The lowest BCUT2D eigenvalue weighted by Gasteiger charge is -2.22. The first kappa shape index (κ1) is 17.2. The number of para-hydroxylation sites is 1. The number of carbonyl (C=O) groups excluding carboxylic acids is 1. The molecule has 3 aromatic carbocycles. The van der Waals surface area contributed by atoms with E-state index in [0.29, 0.717) is 11.3 Å². The van der Waals surface area contributed by atoms with E-state index >= 15 is 4.39 Å². The summed E-state index contributed by atoms with van der Waals surface area (Å²) in [4.78, 5) is 13.2. The van der Waals surface area contributed by atoms with Crippen molar-refractivity contribution in [2.24, 2.45) is 5.10 Å². The highest BCUT2D eigenvalue weighted by atomic mass is 19.1. The van der Waals surface area contributed by atoms with Crippen LogP contribution in [0.5, 0.6) is 0 Å². The molecule has 1 heterocycles. The van der Waals surface area contributed by atoms with E-state index in [4.69, 9.17) is 0 Å². The fraction of sp³-hybridized carbons (Fsp3) is 0.130. The van der Waals surface area contributed by atoms with Gasteiger partial charge in [-0.1, -0.05) is 72.8 Å². The third-order valence-electron chi connectivity index (χ3n) is 4.85. The SMILES string of the molecule is Cc1ccccc1CC1(F)C(=O)N(c2ccccc2)N=C1c1ccccc1. The zero-order valence-electron chi connectivity index (χ0n) is 15.0. The Bertz CT molecular complexity index is 1000. The van der Waals surface area contributed by atoms with Gasteiger partial charge in [-0.15, -0.1) is 0 Å². The maximum atomic E-state index is 16.3. The molecule has 3 aromatic rings. The zero-order valence-corrected chi connectivity index (χ0v) is 15.0. The van der Waals surface area contributed by atoms with Crippen LogP contribution in [-0.4, -0.2) is 17.3 Å². The summed E-state index contributed by atoms with van der Waals surface area (Å²) < 4.78 is 16.3. The highest BCUT2D eigenvalue weighted by Crippen LogP contribution is 2.35. The molecular weight excluding hydrogens is 339 g/mol. The largest absolute Gasteiger partial charge is 0.291 e. The van der Waals surface area contributed by atoms with E-state index in [1.165, 1.54) is 5.01 Å². The summed E-state index contributed by atoms with van der Waals surface area (Å²) >= 11 is 0. The van der Waals surface area contributed by atoms with E-state index in [1.807, 2.05) is 55.5 Å². The molecule has 0 saturated heterocycles. The van der Waals surface area contributed by atoms with E-state index < -0.39 is 11.6 Å². The second-order valence-corrected chi connectivity index (χ2v) is 6.67. The molecule has 0 aromatic heterocycles. The second-order valence-electron chi connectivity index (χ2n) is 6.67.